The molecule has 2 N–H and O–H groups in total. The third kappa shape index (κ3) is 6.68. The smallest absolute Gasteiger partial charge is 0.550 e. The van der Waals surface area contributed by atoms with E-state index in [0.29, 0.717) is 0 Å². The number of fused-ring (bicyclic) bond motifs is 3. The molecule has 0 atom stereocenters. The van der Waals surface area contributed by atoms with Gasteiger partial charge >= 0.3 is 111 Å². The summed E-state index contributed by atoms with van der Waals surface area (Å²) in [5.41, 5.74) is -6.02. The largest absolute Gasteiger partial charge is 1.00 e. The van der Waals surface area contributed by atoms with Crippen LogP contribution in [0.3, 0.4) is 0 Å². The van der Waals surface area contributed by atoms with Crippen LogP contribution in [0.4, 0.5) is 0 Å². The predicted molar refractivity (Wildman–Crippen MR) is 65.5 cm³/mol. The van der Waals surface area contributed by atoms with Gasteiger partial charge in [-0.25, -0.2) is 9.59 Å². The molecule has 14 nitrogen and oxygen atoms in total. The van der Waals surface area contributed by atoms with Crippen molar-refractivity contribution in [2.75, 3.05) is 0 Å². The Bertz CT molecular complexity index is 712. The topological polar surface area (TPSA) is 226 Å². The molecule has 0 aromatic heterocycles. The molecule has 0 spiro atoms. The average molecular weight is 452 g/mol. The first-order valence-electron chi connectivity index (χ1n) is 7.04. The summed E-state index contributed by atoms with van der Waals surface area (Å²) in [4.78, 5) is 68.7. The maximum Gasteiger partial charge on any atom is 1.00 e. The molecule has 2 fully saturated rings. The summed E-state index contributed by atoms with van der Waals surface area (Å²) >= 11 is 0. The summed E-state index contributed by atoms with van der Waals surface area (Å²) in [6.07, 6.45) is -8.94. The van der Waals surface area contributed by atoms with Gasteiger partial charge in [0.15, 0.2) is 11.2 Å². The van der Waals surface area contributed by atoms with E-state index in [2.05, 4.69) is 18.9 Å². The van der Waals surface area contributed by atoms with Crippen molar-refractivity contribution in [3.63, 3.8) is 0 Å². The van der Waals surface area contributed by atoms with E-state index in [0.717, 1.165) is 0 Å². The fourth-order valence-corrected chi connectivity index (χ4v) is 2.26. The van der Waals surface area contributed by atoms with Crippen LogP contribution in [0.2, 0.25) is 0 Å². The minimum atomic E-state index is -3.55. The van der Waals surface area contributed by atoms with Crippen LogP contribution in [0, 0.1) is 0 Å². The molecule has 0 saturated carbocycles. The van der Waals surface area contributed by atoms with Gasteiger partial charge in [-0.1, -0.05) is 0 Å². The van der Waals surface area contributed by atoms with Crippen molar-refractivity contribution in [3.05, 3.63) is 0 Å². The SMILES string of the molecule is O=C([O-])CC(O)(CC(=O)[O-])C(=O)OC12OC(=O)CC(O)(CC(=O)O1)C(=O)O2.[K+].[Na+]. The number of carboxylic acids is 2. The zero-order valence-corrected chi connectivity index (χ0v) is 20.2. The van der Waals surface area contributed by atoms with Crippen LogP contribution in [-0.4, -0.2) is 63.4 Å². The van der Waals surface area contributed by atoms with Gasteiger partial charge in [0, 0.05) is 24.8 Å². The number of ether oxygens (including phenoxy) is 4. The second kappa shape index (κ2) is 10.1. The molecule has 0 amide bonds. The Labute approximate surface area is 225 Å². The number of aliphatic carboxylic acids is 2. The normalized spacial score (nSPS) is 25.7. The number of hydrogen-bond acceptors (Lipinski definition) is 14. The van der Waals surface area contributed by atoms with Gasteiger partial charge in [0.1, 0.15) is 0 Å². The molecule has 0 unspecified atom stereocenters. The van der Waals surface area contributed by atoms with Gasteiger partial charge in [-0.05, 0) is 0 Å². The molecule has 148 valence electrons. The van der Waals surface area contributed by atoms with Crippen molar-refractivity contribution in [2.24, 2.45) is 0 Å². The maximum atomic E-state index is 12.1. The zero-order valence-electron chi connectivity index (χ0n) is 15.1. The number of esters is 4. The summed E-state index contributed by atoms with van der Waals surface area (Å²) in [6, 6.07) is 0. The van der Waals surface area contributed by atoms with Crippen molar-refractivity contribution in [3.8, 4) is 0 Å². The minimum Gasteiger partial charge on any atom is -0.550 e. The molecule has 29 heavy (non-hydrogen) atoms. The molecule has 0 radical (unpaired) electrons. The quantitative estimate of drug-likeness (QED) is 0.282. The van der Waals surface area contributed by atoms with Crippen LogP contribution in [0.25, 0.3) is 0 Å². The van der Waals surface area contributed by atoms with Crippen LogP contribution in [0.5, 0.6) is 0 Å². The number of aliphatic hydroxyl groups is 2. The summed E-state index contributed by atoms with van der Waals surface area (Å²) in [5, 5.41) is 41.3. The van der Waals surface area contributed by atoms with Crippen molar-refractivity contribution >= 4 is 35.8 Å². The second-order valence-electron chi connectivity index (χ2n) is 5.74. The minimum absolute atomic E-state index is 0. The van der Waals surface area contributed by atoms with Crippen LogP contribution in [-0.2, 0) is 47.7 Å². The molecule has 0 aliphatic carbocycles. The molecule has 0 aromatic carbocycles. The fraction of sp³-hybridized carbons (Fsp3) is 0.538. The van der Waals surface area contributed by atoms with Gasteiger partial charge < -0.3 is 49.0 Å². The predicted octanol–water partition coefficient (Wildman–Crippen LogP) is -11.7. The van der Waals surface area contributed by atoms with E-state index in [1.165, 1.54) is 0 Å². The number of carbonyl (C=O) groups excluding carboxylic acids is 6. The number of carbonyl (C=O) groups is 6. The second-order valence-corrected chi connectivity index (χ2v) is 5.74. The van der Waals surface area contributed by atoms with Crippen LogP contribution in [0.1, 0.15) is 25.7 Å². The Hall–Kier alpha value is -0.624. The first-order chi connectivity index (χ1) is 12.3. The Balaban J connectivity index is 0.00000392. The summed E-state index contributed by atoms with van der Waals surface area (Å²) in [5.74, 6) is -10.9. The third-order valence-corrected chi connectivity index (χ3v) is 3.42. The van der Waals surface area contributed by atoms with E-state index < -0.39 is 78.9 Å². The van der Waals surface area contributed by atoms with Crippen LogP contribution in [0.15, 0.2) is 0 Å². The molecule has 2 aliphatic heterocycles. The van der Waals surface area contributed by atoms with E-state index in [-0.39, 0.29) is 80.9 Å². The van der Waals surface area contributed by atoms with Gasteiger partial charge in [-0.15, -0.1) is 0 Å². The van der Waals surface area contributed by atoms with Gasteiger partial charge in [-0.3, -0.25) is 9.59 Å². The molecular weight excluding hydrogens is 442 g/mol. The standard InChI is InChI=1S/C13H12O14.K.Na/c14-5(15)1-11(22,2-6(16)17)9(20)26-13-24-7(18)3-12(23,10(21)27-13)4-8(19)25-13;;/h22-23H,1-4H2,(H,14,15)(H,16,17);;/q;2*+1/p-2. The molecule has 2 bridgehead atoms. The van der Waals surface area contributed by atoms with Crippen molar-refractivity contribution in [2.45, 2.75) is 43.0 Å². The Morgan fingerprint density at radius 2 is 1.41 bits per heavy atom. The number of rotatable bonds is 6. The summed E-state index contributed by atoms with van der Waals surface area (Å²) in [7, 11) is 0. The average Bonchev–Trinajstić information content (AvgIpc) is 2.56. The number of hydrogen-bond donors (Lipinski definition) is 2. The molecular formula is C13H10KNaO14. The molecule has 2 saturated heterocycles. The fourth-order valence-electron chi connectivity index (χ4n) is 2.26. The maximum absolute atomic E-state index is 12.1. The van der Waals surface area contributed by atoms with Gasteiger partial charge in [-0.2, -0.15) is 0 Å². The molecule has 0 aromatic rings. The van der Waals surface area contributed by atoms with E-state index >= 15 is 0 Å². The molecule has 2 aliphatic rings. The monoisotopic (exact) mass is 452 g/mol. The summed E-state index contributed by atoms with van der Waals surface area (Å²) in [6.45, 7) is 0. The van der Waals surface area contributed by atoms with Gasteiger partial charge in [0.25, 0.3) is 0 Å². The molecule has 2 heterocycles. The first-order valence-corrected chi connectivity index (χ1v) is 7.04. The molecule has 2 rings (SSSR count). The number of carboxylic acid groups (broad SMARTS) is 2. The Kier molecular flexibility index (Phi) is 9.91. The van der Waals surface area contributed by atoms with E-state index in [1.807, 2.05) is 0 Å². The van der Waals surface area contributed by atoms with Gasteiger partial charge in [0.05, 0.1) is 12.8 Å². The zero-order chi connectivity index (χ0) is 20.6. The Morgan fingerprint density at radius 3 is 1.79 bits per heavy atom. The van der Waals surface area contributed by atoms with Crippen LogP contribution < -0.4 is 91.2 Å². The third-order valence-electron chi connectivity index (χ3n) is 3.42. The van der Waals surface area contributed by atoms with Crippen molar-refractivity contribution in [1.82, 2.24) is 0 Å². The summed E-state index contributed by atoms with van der Waals surface area (Å²) < 4.78 is 17.5. The van der Waals surface area contributed by atoms with Crippen molar-refractivity contribution in [1.29, 1.82) is 0 Å². The van der Waals surface area contributed by atoms with E-state index in [4.69, 9.17) is 0 Å². The van der Waals surface area contributed by atoms with Crippen molar-refractivity contribution < 1.29 is 149 Å². The van der Waals surface area contributed by atoms with E-state index in [1.54, 1.807) is 0 Å². The first kappa shape index (κ1) is 28.4. The van der Waals surface area contributed by atoms with E-state index in [9.17, 15) is 49.2 Å². The Morgan fingerprint density at radius 1 is 1.00 bits per heavy atom. The van der Waals surface area contributed by atoms with Crippen LogP contribution >= 0.6 is 0 Å². The molecule has 16 heteroatoms. The van der Waals surface area contributed by atoms with Gasteiger partial charge in [0.2, 0.25) is 0 Å².